The number of hydrogen-bond acceptors (Lipinski definition) is 5. The lowest BCUT2D eigenvalue weighted by molar-refractivity contribution is -0.130. The van der Waals surface area contributed by atoms with Gasteiger partial charge >= 0.3 is 5.97 Å². The molecule has 2 aromatic rings. The number of carbonyl (C=O) groups is 3. The summed E-state index contributed by atoms with van der Waals surface area (Å²) in [7, 11) is 0. The molecule has 1 heterocycles. The van der Waals surface area contributed by atoms with Crippen LogP contribution in [0.4, 0.5) is 4.39 Å². The van der Waals surface area contributed by atoms with Crippen molar-refractivity contribution in [3.63, 3.8) is 0 Å². The van der Waals surface area contributed by atoms with Crippen LogP contribution < -0.4 is 10.6 Å². The van der Waals surface area contributed by atoms with E-state index in [1.807, 2.05) is 0 Å². The minimum Gasteiger partial charge on any atom is -0.451 e. The van der Waals surface area contributed by atoms with Gasteiger partial charge in [0.25, 0.3) is 5.91 Å². The van der Waals surface area contributed by atoms with Gasteiger partial charge in [0, 0.05) is 11.4 Å². The summed E-state index contributed by atoms with van der Waals surface area (Å²) in [6, 6.07) is 8.51. The largest absolute Gasteiger partial charge is 0.451 e. The number of nitrogens with one attached hydrogen (secondary N) is 2. The van der Waals surface area contributed by atoms with Crippen LogP contribution in [0.2, 0.25) is 0 Å². The molecule has 0 saturated carbocycles. The van der Waals surface area contributed by atoms with Gasteiger partial charge in [-0.3, -0.25) is 9.59 Å². The number of rotatable bonds is 7. The van der Waals surface area contributed by atoms with E-state index in [0.29, 0.717) is 11.4 Å². The van der Waals surface area contributed by atoms with Crippen LogP contribution in [0.5, 0.6) is 0 Å². The zero-order chi connectivity index (χ0) is 19.1. The van der Waals surface area contributed by atoms with Crippen LogP contribution >= 0.6 is 11.3 Å². The van der Waals surface area contributed by atoms with Gasteiger partial charge in [0.2, 0.25) is 5.91 Å². The summed E-state index contributed by atoms with van der Waals surface area (Å²) in [5, 5.41) is 5.03. The number of amides is 2. The second kappa shape index (κ2) is 9.10. The topological polar surface area (TPSA) is 84.5 Å². The Morgan fingerprint density at radius 3 is 2.50 bits per heavy atom. The van der Waals surface area contributed by atoms with Crippen LogP contribution in [-0.2, 0) is 14.3 Å². The molecule has 0 saturated heterocycles. The maximum Gasteiger partial charge on any atom is 0.348 e. The molecule has 0 aliphatic rings. The van der Waals surface area contributed by atoms with Crippen molar-refractivity contribution in [3.8, 4) is 10.4 Å². The van der Waals surface area contributed by atoms with Crippen LogP contribution in [0.25, 0.3) is 10.4 Å². The van der Waals surface area contributed by atoms with E-state index in [1.165, 1.54) is 23.5 Å². The molecule has 0 unspecified atom stereocenters. The first kappa shape index (κ1) is 19.6. The number of halogens is 1. The molecule has 2 rings (SSSR count). The van der Waals surface area contributed by atoms with Gasteiger partial charge < -0.3 is 15.4 Å². The summed E-state index contributed by atoms with van der Waals surface area (Å²) in [4.78, 5) is 36.4. The zero-order valence-electron chi connectivity index (χ0n) is 14.4. The van der Waals surface area contributed by atoms with Gasteiger partial charge in [-0.2, -0.15) is 0 Å². The number of thiophene rings is 1. The molecule has 0 spiro atoms. The molecule has 2 amide bonds. The minimum atomic E-state index is -0.715. The number of likely N-dealkylation sites (N-methyl/N-ethyl adjacent to an activating group) is 1. The molecule has 138 valence electrons. The van der Waals surface area contributed by atoms with Crippen molar-refractivity contribution in [1.29, 1.82) is 0 Å². The number of esters is 1. The first-order valence-electron chi connectivity index (χ1n) is 8.00. The molecule has 1 aromatic heterocycles. The smallest absolute Gasteiger partial charge is 0.348 e. The van der Waals surface area contributed by atoms with Crippen molar-refractivity contribution < 1.29 is 23.5 Å². The summed E-state index contributed by atoms with van der Waals surface area (Å²) in [6.45, 7) is 3.30. The molecule has 0 fully saturated rings. The van der Waals surface area contributed by atoms with E-state index < -0.39 is 24.5 Å². The predicted molar refractivity (Wildman–Crippen MR) is 96.3 cm³/mol. The molecule has 0 bridgehead atoms. The van der Waals surface area contributed by atoms with Crippen molar-refractivity contribution in [2.75, 3.05) is 13.2 Å². The van der Waals surface area contributed by atoms with Gasteiger partial charge in [-0.1, -0.05) is 12.1 Å². The van der Waals surface area contributed by atoms with E-state index in [-0.39, 0.29) is 11.7 Å². The van der Waals surface area contributed by atoms with Crippen molar-refractivity contribution in [2.45, 2.75) is 19.9 Å². The van der Waals surface area contributed by atoms with E-state index in [1.54, 1.807) is 38.1 Å². The zero-order valence-corrected chi connectivity index (χ0v) is 15.2. The second-order valence-corrected chi connectivity index (χ2v) is 6.51. The molecule has 1 aromatic carbocycles. The number of benzene rings is 1. The fourth-order valence-electron chi connectivity index (χ4n) is 2.10. The third kappa shape index (κ3) is 5.38. The average molecular weight is 378 g/mol. The first-order valence-corrected chi connectivity index (χ1v) is 8.82. The monoisotopic (exact) mass is 378 g/mol. The molecule has 0 radical (unpaired) electrons. The van der Waals surface area contributed by atoms with E-state index >= 15 is 0 Å². The van der Waals surface area contributed by atoms with E-state index in [9.17, 15) is 18.8 Å². The molecule has 8 heteroatoms. The normalized spacial score (nSPS) is 11.5. The minimum absolute atomic E-state index is 0.311. The van der Waals surface area contributed by atoms with Crippen molar-refractivity contribution in [1.82, 2.24) is 10.6 Å². The second-order valence-electron chi connectivity index (χ2n) is 5.43. The van der Waals surface area contributed by atoms with Gasteiger partial charge in [-0.25, -0.2) is 9.18 Å². The summed E-state index contributed by atoms with van der Waals surface area (Å²) in [5.74, 6) is -1.84. The fraction of sp³-hybridized carbons (Fsp3) is 0.278. The number of carbonyl (C=O) groups excluding carboxylic acids is 3. The molecular formula is C18H19FN2O4S. The maximum absolute atomic E-state index is 13.0. The Labute approximate surface area is 154 Å². The van der Waals surface area contributed by atoms with Gasteiger partial charge in [0.15, 0.2) is 6.61 Å². The van der Waals surface area contributed by atoms with Crippen LogP contribution in [0.1, 0.15) is 23.5 Å². The van der Waals surface area contributed by atoms with Crippen molar-refractivity contribution in [2.24, 2.45) is 0 Å². The lowest BCUT2D eigenvalue weighted by Crippen LogP contribution is -2.46. The quantitative estimate of drug-likeness (QED) is 0.725. The van der Waals surface area contributed by atoms with Crippen LogP contribution in [0.15, 0.2) is 36.4 Å². The highest BCUT2D eigenvalue weighted by Gasteiger charge is 2.17. The van der Waals surface area contributed by atoms with Crippen LogP contribution in [0.3, 0.4) is 0 Å². The van der Waals surface area contributed by atoms with E-state index in [4.69, 9.17) is 4.74 Å². The molecule has 6 nitrogen and oxygen atoms in total. The Kier molecular flexibility index (Phi) is 6.85. The molecular weight excluding hydrogens is 359 g/mol. The average Bonchev–Trinajstić information content (AvgIpc) is 3.10. The van der Waals surface area contributed by atoms with Gasteiger partial charge in [-0.05, 0) is 43.7 Å². The molecule has 0 aliphatic heterocycles. The highest BCUT2D eigenvalue weighted by Crippen LogP contribution is 2.28. The third-order valence-electron chi connectivity index (χ3n) is 3.39. The molecule has 0 aliphatic carbocycles. The summed E-state index contributed by atoms with van der Waals surface area (Å²) < 4.78 is 17.9. The summed E-state index contributed by atoms with van der Waals surface area (Å²) >= 11 is 1.18. The van der Waals surface area contributed by atoms with Gasteiger partial charge in [0.05, 0.1) is 0 Å². The van der Waals surface area contributed by atoms with Crippen LogP contribution in [-0.4, -0.2) is 37.0 Å². The van der Waals surface area contributed by atoms with E-state index in [2.05, 4.69) is 10.6 Å². The lowest BCUT2D eigenvalue weighted by atomic mass is 10.2. The number of ether oxygens (including phenoxy) is 1. The van der Waals surface area contributed by atoms with Crippen LogP contribution in [0, 0.1) is 5.82 Å². The molecule has 1 atom stereocenters. The molecule has 26 heavy (non-hydrogen) atoms. The Hall–Kier alpha value is -2.74. The van der Waals surface area contributed by atoms with E-state index in [0.717, 1.165) is 10.4 Å². The van der Waals surface area contributed by atoms with Gasteiger partial charge in [-0.15, -0.1) is 11.3 Å². The maximum atomic E-state index is 13.0. The van der Waals surface area contributed by atoms with Gasteiger partial charge in [0.1, 0.15) is 16.7 Å². The first-order chi connectivity index (χ1) is 12.4. The Bertz CT molecular complexity index is 789. The van der Waals surface area contributed by atoms with Crippen molar-refractivity contribution in [3.05, 3.63) is 47.1 Å². The highest BCUT2D eigenvalue weighted by molar-refractivity contribution is 7.17. The molecule has 2 N–H and O–H groups in total. The SMILES string of the molecule is CCNC(=O)[C@@H](C)NC(=O)COC(=O)c1ccc(-c2ccc(F)cc2)s1. The predicted octanol–water partition coefficient (Wildman–Crippen LogP) is 2.35. The fourth-order valence-corrected chi connectivity index (χ4v) is 3.00. The highest BCUT2D eigenvalue weighted by atomic mass is 32.1. The lowest BCUT2D eigenvalue weighted by Gasteiger charge is -2.13. The standard InChI is InChI=1S/C18H19FN2O4S/c1-3-20-17(23)11(2)21-16(22)10-25-18(24)15-9-8-14(26-15)12-4-6-13(19)7-5-12/h4-9,11H,3,10H2,1-2H3,(H,20,23)(H,21,22)/t11-/m1/s1. The Morgan fingerprint density at radius 2 is 1.85 bits per heavy atom. The number of hydrogen-bond donors (Lipinski definition) is 2. The third-order valence-corrected chi connectivity index (χ3v) is 4.51. The summed E-state index contributed by atoms with van der Waals surface area (Å²) in [6.07, 6.45) is 0. The Morgan fingerprint density at radius 1 is 1.15 bits per heavy atom. The summed E-state index contributed by atoms with van der Waals surface area (Å²) in [5.41, 5.74) is 0.781. The Balaban J connectivity index is 1.87. The van der Waals surface area contributed by atoms with Crippen molar-refractivity contribution >= 4 is 29.1 Å².